The van der Waals surface area contributed by atoms with Crippen LogP contribution in [-0.4, -0.2) is 53.0 Å². The van der Waals surface area contributed by atoms with Crippen LogP contribution in [0, 0.1) is 5.92 Å². The van der Waals surface area contributed by atoms with Gasteiger partial charge in [-0.25, -0.2) is 0 Å². The van der Waals surface area contributed by atoms with Crippen LogP contribution in [0.5, 0.6) is 0 Å². The third kappa shape index (κ3) is 5.96. The minimum Gasteiger partial charge on any atom is -0.345 e. The van der Waals surface area contributed by atoms with E-state index in [1.54, 1.807) is 10.6 Å². The molecule has 1 saturated heterocycles. The number of fused-ring (bicyclic) bond motifs is 1. The van der Waals surface area contributed by atoms with Crippen LogP contribution in [0.4, 0.5) is 0 Å². The van der Waals surface area contributed by atoms with Gasteiger partial charge in [0.25, 0.3) is 11.5 Å². The van der Waals surface area contributed by atoms with Crippen LogP contribution in [0.25, 0.3) is 16.5 Å². The van der Waals surface area contributed by atoms with Crippen molar-refractivity contribution in [1.82, 2.24) is 19.7 Å². The number of hydrogen-bond acceptors (Lipinski definition) is 4. The fourth-order valence-corrected chi connectivity index (χ4v) is 6.30. The molecular formula is C34H37ClN4O2. The molecule has 1 aliphatic carbocycles. The molecule has 1 amide bonds. The van der Waals surface area contributed by atoms with E-state index in [0.717, 1.165) is 49.8 Å². The second kappa shape index (κ2) is 12.2. The quantitative estimate of drug-likeness (QED) is 0.267. The lowest BCUT2D eigenvalue weighted by Crippen LogP contribution is -2.47. The van der Waals surface area contributed by atoms with E-state index in [9.17, 15) is 9.59 Å². The molecule has 1 aromatic heterocycles. The van der Waals surface area contributed by atoms with Gasteiger partial charge in [-0.1, -0.05) is 79.2 Å². The van der Waals surface area contributed by atoms with Gasteiger partial charge in [-0.3, -0.25) is 19.1 Å². The average Bonchev–Trinajstić information content (AvgIpc) is 3.82. The van der Waals surface area contributed by atoms with Crippen molar-refractivity contribution in [3.63, 3.8) is 0 Å². The lowest BCUT2D eigenvalue weighted by atomic mass is 9.99. The first-order valence-corrected chi connectivity index (χ1v) is 15.1. The maximum Gasteiger partial charge on any atom is 0.264 e. The number of aromatic nitrogens is 1. The normalized spacial score (nSPS) is 17.0. The van der Waals surface area contributed by atoms with Gasteiger partial charge >= 0.3 is 0 Å². The largest absolute Gasteiger partial charge is 0.345 e. The molecular weight excluding hydrogens is 532 g/mol. The van der Waals surface area contributed by atoms with Crippen molar-refractivity contribution in [3.05, 3.63) is 111 Å². The molecule has 0 unspecified atom stereocenters. The molecule has 1 atom stereocenters. The minimum absolute atomic E-state index is 0.158. The van der Waals surface area contributed by atoms with Gasteiger partial charge in [0, 0.05) is 50.3 Å². The molecule has 0 spiro atoms. The Labute approximate surface area is 246 Å². The Morgan fingerprint density at radius 3 is 2.22 bits per heavy atom. The van der Waals surface area contributed by atoms with Crippen molar-refractivity contribution >= 4 is 28.3 Å². The van der Waals surface area contributed by atoms with Gasteiger partial charge in [-0.05, 0) is 48.9 Å². The first kappa shape index (κ1) is 27.7. The van der Waals surface area contributed by atoms with Gasteiger partial charge in [0.15, 0.2) is 0 Å². The summed E-state index contributed by atoms with van der Waals surface area (Å²) < 4.78 is 1.71. The van der Waals surface area contributed by atoms with E-state index < -0.39 is 0 Å². The maximum absolute atomic E-state index is 14.4. The molecule has 2 aliphatic rings. The second-order valence-corrected chi connectivity index (χ2v) is 11.7. The van der Waals surface area contributed by atoms with E-state index in [1.165, 1.54) is 19.4 Å². The van der Waals surface area contributed by atoms with Crippen LogP contribution in [0.1, 0.15) is 53.8 Å². The highest BCUT2D eigenvalue weighted by molar-refractivity contribution is 6.36. The topological polar surface area (TPSA) is 57.6 Å². The number of nitrogens with zero attached hydrogens (tertiary/aromatic N) is 3. The number of halogens is 1. The van der Waals surface area contributed by atoms with Gasteiger partial charge in [-0.15, -0.1) is 0 Å². The summed E-state index contributed by atoms with van der Waals surface area (Å²) in [5.74, 6) is 0.668. The van der Waals surface area contributed by atoms with Gasteiger partial charge in [0.2, 0.25) is 0 Å². The predicted octanol–water partition coefficient (Wildman–Crippen LogP) is 6.05. The third-order valence-corrected chi connectivity index (χ3v) is 8.78. The Kier molecular flexibility index (Phi) is 8.24. The summed E-state index contributed by atoms with van der Waals surface area (Å²) in [6.07, 6.45) is 3.44. The number of pyridine rings is 1. The molecule has 1 aliphatic heterocycles. The second-order valence-electron chi connectivity index (χ2n) is 11.3. The first-order chi connectivity index (χ1) is 20.0. The third-order valence-electron chi connectivity index (χ3n) is 8.47. The lowest BCUT2D eigenvalue weighted by molar-refractivity contribution is 0.0930. The average molecular weight is 569 g/mol. The molecule has 0 radical (unpaired) electrons. The molecule has 2 heterocycles. The number of nitrogens with one attached hydrogen (secondary N) is 1. The molecule has 1 saturated carbocycles. The number of hydrogen-bond donors (Lipinski definition) is 1. The highest BCUT2D eigenvalue weighted by atomic mass is 35.5. The summed E-state index contributed by atoms with van der Waals surface area (Å²) in [7, 11) is 0. The lowest BCUT2D eigenvalue weighted by Gasteiger charge is -2.35. The van der Waals surface area contributed by atoms with E-state index in [-0.39, 0.29) is 17.5 Å². The Hall–Kier alpha value is -3.45. The zero-order valence-electron chi connectivity index (χ0n) is 23.6. The van der Waals surface area contributed by atoms with Crippen molar-refractivity contribution in [2.75, 3.05) is 32.7 Å². The molecule has 212 valence electrons. The summed E-state index contributed by atoms with van der Waals surface area (Å²) in [6.45, 7) is 7.53. The summed E-state index contributed by atoms with van der Waals surface area (Å²) >= 11 is 6.67. The van der Waals surface area contributed by atoms with Crippen LogP contribution in [0.3, 0.4) is 0 Å². The number of benzene rings is 3. The summed E-state index contributed by atoms with van der Waals surface area (Å²) in [4.78, 5) is 33.5. The number of amides is 1. The Balaban J connectivity index is 1.46. The van der Waals surface area contributed by atoms with Crippen LogP contribution < -0.4 is 10.9 Å². The van der Waals surface area contributed by atoms with Gasteiger partial charge < -0.3 is 10.2 Å². The highest BCUT2D eigenvalue weighted by Gasteiger charge is 2.29. The molecule has 0 bridgehead atoms. The van der Waals surface area contributed by atoms with Crippen molar-refractivity contribution in [1.29, 1.82) is 0 Å². The monoisotopic (exact) mass is 568 g/mol. The van der Waals surface area contributed by atoms with Crippen LogP contribution in [0.2, 0.25) is 5.02 Å². The molecule has 4 aromatic rings. The number of carbonyl (C=O) groups excluding carboxylic acids is 1. The van der Waals surface area contributed by atoms with Gasteiger partial charge in [0.1, 0.15) is 0 Å². The Bertz CT molecular complexity index is 1580. The van der Waals surface area contributed by atoms with E-state index in [2.05, 4.69) is 22.0 Å². The van der Waals surface area contributed by atoms with Crippen LogP contribution >= 0.6 is 11.6 Å². The fourth-order valence-electron chi connectivity index (χ4n) is 6.05. The van der Waals surface area contributed by atoms with E-state index in [4.69, 9.17) is 11.6 Å². The van der Waals surface area contributed by atoms with Crippen molar-refractivity contribution in [2.45, 2.75) is 38.8 Å². The molecule has 6 rings (SSSR count). The highest BCUT2D eigenvalue weighted by Crippen LogP contribution is 2.31. The Morgan fingerprint density at radius 2 is 1.56 bits per heavy atom. The first-order valence-electron chi connectivity index (χ1n) is 14.8. The van der Waals surface area contributed by atoms with Crippen LogP contribution in [0.15, 0.2) is 83.7 Å². The van der Waals surface area contributed by atoms with Gasteiger partial charge in [0.05, 0.1) is 27.7 Å². The van der Waals surface area contributed by atoms with Crippen molar-refractivity contribution in [2.24, 2.45) is 5.92 Å². The number of para-hydroxylation sites is 1. The minimum atomic E-state index is -0.203. The molecule has 6 nitrogen and oxygen atoms in total. The zero-order valence-corrected chi connectivity index (χ0v) is 24.3. The number of carbonyl (C=O) groups is 1. The number of piperazine rings is 1. The van der Waals surface area contributed by atoms with E-state index in [1.807, 2.05) is 72.8 Å². The van der Waals surface area contributed by atoms with Crippen molar-refractivity contribution in [3.8, 4) is 5.69 Å². The van der Waals surface area contributed by atoms with Crippen LogP contribution in [-0.2, 0) is 6.54 Å². The molecule has 2 fully saturated rings. The number of rotatable bonds is 9. The summed E-state index contributed by atoms with van der Waals surface area (Å²) in [6, 6.07) is 24.9. The maximum atomic E-state index is 14.4. The standard InChI is InChI=1S/C34H37ClN4O2/c1-2-29(25-10-5-3-6-11-25)36-33(40)32-27-14-9-15-28(35)31(27)34(41)39(26-12-7-4-8-13-26)30(32)23-38-20-18-37(19-21-38)22-24-16-17-24/h3-15,24,29H,2,16-23H2,1H3,(H,36,40)/t29-/m0/s1. The fraction of sp³-hybridized carbons (Fsp3) is 0.353. The molecule has 7 heteroatoms. The Morgan fingerprint density at radius 1 is 0.902 bits per heavy atom. The smallest absolute Gasteiger partial charge is 0.264 e. The zero-order chi connectivity index (χ0) is 28.3. The summed E-state index contributed by atoms with van der Waals surface area (Å²) in [5.41, 5.74) is 2.79. The van der Waals surface area contributed by atoms with Crippen molar-refractivity contribution < 1.29 is 4.79 Å². The molecule has 41 heavy (non-hydrogen) atoms. The van der Waals surface area contributed by atoms with Gasteiger partial charge in [-0.2, -0.15) is 0 Å². The summed E-state index contributed by atoms with van der Waals surface area (Å²) in [5, 5.41) is 4.61. The SMILES string of the molecule is CC[C@H](NC(=O)c1c(CN2CCN(CC3CC3)CC2)n(-c2ccccc2)c(=O)c2c(Cl)cccc12)c1ccccc1. The molecule has 3 aromatic carbocycles. The van der Waals surface area contributed by atoms with E-state index >= 15 is 0 Å². The van der Waals surface area contributed by atoms with E-state index in [0.29, 0.717) is 33.6 Å². The predicted molar refractivity (Wildman–Crippen MR) is 166 cm³/mol. The molecule has 1 N–H and O–H groups in total.